The maximum absolute atomic E-state index is 12.9. The van der Waals surface area contributed by atoms with Crippen LogP contribution in [0.4, 0.5) is 24.8 Å². The highest BCUT2D eigenvalue weighted by Gasteiger charge is 2.31. The van der Waals surface area contributed by atoms with Crippen LogP contribution in [0, 0.1) is 0 Å². The minimum atomic E-state index is -4.54. The van der Waals surface area contributed by atoms with Gasteiger partial charge in [-0.25, -0.2) is 15.0 Å². The van der Waals surface area contributed by atoms with Crippen LogP contribution < -0.4 is 11.1 Å². The number of nitrogens with two attached hydrogens (primary N) is 1. The van der Waals surface area contributed by atoms with E-state index in [4.69, 9.17) is 10.7 Å². The first-order valence-electron chi connectivity index (χ1n) is 11.5. The fourth-order valence-corrected chi connectivity index (χ4v) is 4.55. The van der Waals surface area contributed by atoms with Crippen molar-refractivity contribution in [1.82, 2.24) is 19.4 Å². The number of alkyl halides is 3. The Balaban J connectivity index is 1.42. The predicted octanol–water partition coefficient (Wildman–Crippen LogP) is 4.66. The number of hydrogen-bond acceptors (Lipinski definition) is 6. The molecule has 1 aromatic carbocycles. The van der Waals surface area contributed by atoms with Gasteiger partial charge in [-0.2, -0.15) is 13.2 Å². The summed E-state index contributed by atoms with van der Waals surface area (Å²) in [4.78, 5) is 25.5. The number of anilines is 2. The second-order valence-corrected chi connectivity index (χ2v) is 8.81. The van der Waals surface area contributed by atoms with Gasteiger partial charge in [-0.15, -0.1) is 0 Å². The highest BCUT2D eigenvalue weighted by Crippen LogP contribution is 2.37. The Morgan fingerprint density at radius 2 is 1.78 bits per heavy atom. The molecule has 11 heteroatoms. The van der Waals surface area contributed by atoms with Crippen LogP contribution in [0.2, 0.25) is 0 Å². The minimum absolute atomic E-state index is 0.168. The summed E-state index contributed by atoms with van der Waals surface area (Å²) in [5.41, 5.74) is 7.54. The Morgan fingerprint density at radius 1 is 1.06 bits per heavy atom. The molecular formula is C25H23F3N6O2. The van der Waals surface area contributed by atoms with E-state index in [0.29, 0.717) is 35.4 Å². The third-order valence-electron chi connectivity index (χ3n) is 6.42. The van der Waals surface area contributed by atoms with Gasteiger partial charge in [0.15, 0.2) is 0 Å². The summed E-state index contributed by atoms with van der Waals surface area (Å²) in [7, 11) is 0. The molecule has 5 rings (SSSR count). The van der Waals surface area contributed by atoms with Crippen molar-refractivity contribution in [1.29, 1.82) is 0 Å². The number of carbonyl (C=O) groups is 1. The van der Waals surface area contributed by atoms with E-state index >= 15 is 0 Å². The zero-order valence-corrected chi connectivity index (χ0v) is 19.0. The zero-order chi connectivity index (χ0) is 25.4. The van der Waals surface area contributed by atoms with Crippen LogP contribution in [0.15, 0.2) is 55.0 Å². The van der Waals surface area contributed by atoms with Gasteiger partial charge in [-0.05, 0) is 49.9 Å². The van der Waals surface area contributed by atoms with Crippen LogP contribution in [-0.2, 0) is 6.18 Å². The number of fused-ring (bicyclic) bond motifs is 1. The fourth-order valence-electron chi connectivity index (χ4n) is 4.55. The van der Waals surface area contributed by atoms with E-state index in [1.165, 1.54) is 0 Å². The molecule has 3 heterocycles. The second kappa shape index (κ2) is 9.23. The third-order valence-corrected chi connectivity index (χ3v) is 6.42. The molecule has 0 atom stereocenters. The molecule has 1 saturated carbocycles. The zero-order valence-electron chi connectivity index (χ0n) is 19.0. The number of aliphatic hydroxyl groups is 1. The van der Waals surface area contributed by atoms with Gasteiger partial charge in [0.25, 0.3) is 5.91 Å². The summed E-state index contributed by atoms with van der Waals surface area (Å²) in [5, 5.41) is 12.3. The molecule has 1 fully saturated rings. The smallest absolute Gasteiger partial charge is 0.393 e. The average Bonchev–Trinajstić information content (AvgIpc) is 3.25. The highest BCUT2D eigenvalue weighted by molar-refractivity contribution is 6.04. The Bertz CT molecular complexity index is 1410. The average molecular weight is 496 g/mol. The lowest BCUT2D eigenvalue weighted by atomic mass is 9.87. The summed E-state index contributed by atoms with van der Waals surface area (Å²) >= 11 is 0. The maximum atomic E-state index is 12.9. The van der Waals surface area contributed by atoms with Crippen LogP contribution in [0.1, 0.15) is 53.3 Å². The lowest BCUT2D eigenvalue weighted by molar-refractivity contribution is -0.137. The first-order valence-corrected chi connectivity index (χ1v) is 11.5. The number of imidazole rings is 1. The van der Waals surface area contributed by atoms with E-state index in [-0.39, 0.29) is 23.4 Å². The van der Waals surface area contributed by atoms with Crippen molar-refractivity contribution >= 4 is 23.1 Å². The summed E-state index contributed by atoms with van der Waals surface area (Å²) in [6.45, 7) is 0. The van der Waals surface area contributed by atoms with Crippen molar-refractivity contribution in [2.75, 3.05) is 11.1 Å². The number of aromatic nitrogens is 4. The Hall–Kier alpha value is -3.99. The number of carbonyl (C=O) groups excluding carboxylic acids is 1. The van der Waals surface area contributed by atoms with Gasteiger partial charge in [-0.1, -0.05) is 12.1 Å². The largest absolute Gasteiger partial charge is 0.416 e. The van der Waals surface area contributed by atoms with Gasteiger partial charge in [0.05, 0.1) is 11.7 Å². The number of nitrogens with zero attached hydrogens (tertiary/aromatic N) is 4. The minimum Gasteiger partial charge on any atom is -0.393 e. The molecule has 1 amide bonds. The van der Waals surface area contributed by atoms with Gasteiger partial charge in [-0.3, -0.25) is 9.20 Å². The van der Waals surface area contributed by atoms with E-state index in [2.05, 4.69) is 15.3 Å². The van der Waals surface area contributed by atoms with Crippen LogP contribution >= 0.6 is 0 Å². The third kappa shape index (κ3) is 4.61. The molecule has 0 spiro atoms. The number of halogens is 3. The van der Waals surface area contributed by atoms with Gasteiger partial charge in [0, 0.05) is 35.6 Å². The summed E-state index contributed by atoms with van der Waals surface area (Å²) in [6.07, 6.45) is 2.63. The molecular weight excluding hydrogens is 473 g/mol. The molecule has 0 unspecified atom stereocenters. The SMILES string of the molecule is Nc1nccn2c(C3CCC(O)CC3)nc(-c3ccc(C(=O)Nc4cc(C(F)(F)F)ccn4)cc3)c12. The summed E-state index contributed by atoms with van der Waals surface area (Å²) in [5.74, 6) is 0.547. The fraction of sp³-hybridized carbons (Fsp3) is 0.280. The normalized spacial score (nSPS) is 18.3. The quantitative estimate of drug-likeness (QED) is 0.378. The molecule has 4 N–H and O–H groups in total. The number of rotatable bonds is 4. The van der Waals surface area contributed by atoms with Crippen LogP contribution in [0.5, 0.6) is 0 Å². The number of nitrogen functional groups attached to an aromatic ring is 1. The van der Waals surface area contributed by atoms with Crippen molar-refractivity contribution in [2.24, 2.45) is 0 Å². The summed E-state index contributed by atoms with van der Waals surface area (Å²) in [6, 6.07) is 8.16. The molecule has 0 radical (unpaired) electrons. The van der Waals surface area contributed by atoms with E-state index in [1.807, 2.05) is 10.6 Å². The van der Waals surface area contributed by atoms with Crippen molar-refractivity contribution in [2.45, 2.75) is 43.9 Å². The van der Waals surface area contributed by atoms with Gasteiger partial charge in [0.2, 0.25) is 0 Å². The van der Waals surface area contributed by atoms with E-state index in [9.17, 15) is 23.1 Å². The highest BCUT2D eigenvalue weighted by atomic mass is 19.4. The Labute approximate surface area is 204 Å². The maximum Gasteiger partial charge on any atom is 0.416 e. The molecule has 0 saturated heterocycles. The number of pyridine rings is 1. The molecule has 186 valence electrons. The number of amides is 1. The van der Waals surface area contributed by atoms with Crippen LogP contribution in [-0.4, -0.2) is 36.5 Å². The molecule has 8 nitrogen and oxygen atoms in total. The van der Waals surface area contributed by atoms with Crippen molar-refractivity contribution in [3.8, 4) is 11.3 Å². The molecule has 3 aromatic heterocycles. The van der Waals surface area contributed by atoms with Gasteiger partial charge < -0.3 is 16.2 Å². The number of hydrogen-bond donors (Lipinski definition) is 3. The van der Waals surface area contributed by atoms with Crippen LogP contribution in [0.25, 0.3) is 16.8 Å². The molecule has 36 heavy (non-hydrogen) atoms. The number of benzene rings is 1. The standard InChI is InChI=1S/C25H23F3N6O2/c26-25(27,28)17-9-10-30-19(13-17)32-24(36)16-3-1-14(2-4-16)20-21-22(29)31-11-12-34(21)23(33-20)15-5-7-18(35)8-6-15/h1-4,9-13,15,18,35H,5-8H2,(H2,29,31)(H,30,32,36). The first kappa shape index (κ1) is 23.7. The number of nitrogens with one attached hydrogen (secondary N) is 1. The van der Waals surface area contributed by atoms with E-state index < -0.39 is 17.6 Å². The van der Waals surface area contributed by atoms with Crippen LogP contribution in [0.3, 0.4) is 0 Å². The van der Waals surface area contributed by atoms with Gasteiger partial charge >= 0.3 is 6.18 Å². The lowest BCUT2D eigenvalue weighted by Crippen LogP contribution is -2.18. The molecule has 0 aliphatic heterocycles. The van der Waals surface area contributed by atoms with Crippen molar-refractivity contribution < 1.29 is 23.1 Å². The molecule has 1 aliphatic rings. The Morgan fingerprint density at radius 3 is 2.47 bits per heavy atom. The van der Waals surface area contributed by atoms with Gasteiger partial charge in [0.1, 0.15) is 28.7 Å². The predicted molar refractivity (Wildman–Crippen MR) is 127 cm³/mol. The Kier molecular flexibility index (Phi) is 6.09. The van der Waals surface area contributed by atoms with E-state index in [1.54, 1.807) is 30.5 Å². The monoisotopic (exact) mass is 496 g/mol. The molecule has 0 bridgehead atoms. The lowest BCUT2D eigenvalue weighted by Gasteiger charge is -2.24. The number of aliphatic hydroxyl groups excluding tert-OH is 1. The topological polar surface area (TPSA) is 118 Å². The van der Waals surface area contributed by atoms with E-state index in [0.717, 1.165) is 37.0 Å². The molecule has 4 aromatic rings. The summed E-state index contributed by atoms with van der Waals surface area (Å²) < 4.78 is 40.7. The molecule has 1 aliphatic carbocycles. The second-order valence-electron chi connectivity index (χ2n) is 8.81. The first-order chi connectivity index (χ1) is 17.2. The van der Waals surface area contributed by atoms with Crippen molar-refractivity contribution in [3.63, 3.8) is 0 Å². The van der Waals surface area contributed by atoms with Crippen molar-refractivity contribution in [3.05, 3.63) is 71.9 Å².